The van der Waals surface area contributed by atoms with Gasteiger partial charge in [0.2, 0.25) is 0 Å². The van der Waals surface area contributed by atoms with Crippen LogP contribution < -0.4 is 5.73 Å². The third-order valence-corrected chi connectivity index (χ3v) is 5.25. The van der Waals surface area contributed by atoms with Gasteiger partial charge in [0.15, 0.2) is 0 Å². The fourth-order valence-corrected chi connectivity index (χ4v) is 3.76. The van der Waals surface area contributed by atoms with Crippen LogP contribution in [-0.2, 0) is 9.31 Å². The zero-order valence-corrected chi connectivity index (χ0v) is 10.5. The molecule has 4 fully saturated rings. The predicted octanol–water partition coefficient (Wildman–Crippen LogP) is 1.60. The minimum atomic E-state index is -0.157. The third kappa shape index (κ3) is 1.33. The zero-order chi connectivity index (χ0) is 11.5. The summed E-state index contributed by atoms with van der Waals surface area (Å²) in [5.74, 6) is 1.55. The van der Waals surface area contributed by atoms with Crippen LogP contribution in [0.25, 0.3) is 0 Å². The molecule has 1 saturated heterocycles. The monoisotopic (exact) mass is 223 g/mol. The van der Waals surface area contributed by atoms with Crippen LogP contribution in [-0.4, -0.2) is 25.3 Å². The molecule has 3 nitrogen and oxygen atoms in total. The van der Waals surface area contributed by atoms with Crippen LogP contribution in [0.5, 0.6) is 0 Å². The number of nitrogens with two attached hydrogens (primary N) is 1. The van der Waals surface area contributed by atoms with E-state index in [-0.39, 0.29) is 13.1 Å². The van der Waals surface area contributed by atoms with Crippen LogP contribution in [0.15, 0.2) is 0 Å². The van der Waals surface area contributed by atoms with E-state index in [1.165, 1.54) is 12.8 Å². The van der Waals surface area contributed by atoms with Gasteiger partial charge in [-0.05, 0) is 36.5 Å². The summed E-state index contributed by atoms with van der Waals surface area (Å²) in [5, 5.41) is 0. The Morgan fingerprint density at radius 1 is 1.38 bits per heavy atom. The summed E-state index contributed by atoms with van der Waals surface area (Å²) in [5.41, 5.74) is 6.46. The van der Waals surface area contributed by atoms with E-state index in [1.807, 2.05) is 0 Å². The molecule has 1 aliphatic heterocycles. The van der Waals surface area contributed by atoms with Gasteiger partial charge in [-0.15, -0.1) is 0 Å². The summed E-state index contributed by atoms with van der Waals surface area (Å²) in [6.07, 6.45) is 4.04. The van der Waals surface area contributed by atoms with E-state index < -0.39 is 0 Å². The molecule has 0 aromatic heterocycles. The number of hydrogen-bond acceptors (Lipinski definition) is 3. The Kier molecular flexibility index (Phi) is 2.40. The number of hydrogen-bond donors (Lipinski definition) is 1. The van der Waals surface area contributed by atoms with Gasteiger partial charge in [0.25, 0.3) is 0 Å². The maximum Gasteiger partial charge on any atom is 0.475 e. The average molecular weight is 223 g/mol. The van der Waals surface area contributed by atoms with Gasteiger partial charge in [0.05, 0.1) is 12.2 Å². The first-order valence-electron chi connectivity index (χ1n) is 6.60. The van der Waals surface area contributed by atoms with Gasteiger partial charge in [0.1, 0.15) is 0 Å². The average Bonchev–Trinajstić information content (AvgIpc) is 2.70. The van der Waals surface area contributed by atoms with E-state index in [4.69, 9.17) is 15.0 Å². The van der Waals surface area contributed by atoms with Crippen LogP contribution >= 0.6 is 0 Å². The van der Waals surface area contributed by atoms with Crippen LogP contribution in [0.1, 0.15) is 40.0 Å². The van der Waals surface area contributed by atoms with Gasteiger partial charge in [-0.25, -0.2) is 0 Å². The molecule has 0 spiro atoms. The van der Waals surface area contributed by atoms with Crippen molar-refractivity contribution in [2.45, 2.75) is 58.2 Å². The molecule has 4 rings (SSSR count). The lowest BCUT2D eigenvalue weighted by Gasteiger charge is -2.60. The topological polar surface area (TPSA) is 44.5 Å². The Labute approximate surface area is 98.2 Å². The fourth-order valence-electron chi connectivity index (χ4n) is 3.76. The van der Waals surface area contributed by atoms with Crippen molar-refractivity contribution in [3.63, 3.8) is 0 Å². The molecule has 0 aromatic rings. The van der Waals surface area contributed by atoms with E-state index in [1.54, 1.807) is 0 Å². The van der Waals surface area contributed by atoms with Crippen LogP contribution in [0.3, 0.4) is 0 Å². The lowest BCUT2D eigenvalue weighted by atomic mass is 9.47. The summed E-state index contributed by atoms with van der Waals surface area (Å²) in [7, 11) is -0.157. The fraction of sp³-hybridized carbons (Fsp3) is 1.00. The Morgan fingerprint density at radius 2 is 2.12 bits per heavy atom. The molecule has 3 unspecified atom stereocenters. The second-order valence-electron chi connectivity index (χ2n) is 6.31. The molecule has 3 saturated carbocycles. The van der Waals surface area contributed by atoms with Gasteiger partial charge in [-0.3, -0.25) is 0 Å². The van der Waals surface area contributed by atoms with E-state index in [9.17, 15) is 0 Å². The van der Waals surface area contributed by atoms with Gasteiger partial charge >= 0.3 is 7.12 Å². The summed E-state index contributed by atoms with van der Waals surface area (Å²) >= 11 is 0. The highest BCUT2D eigenvalue weighted by molar-refractivity contribution is 6.47. The van der Waals surface area contributed by atoms with Gasteiger partial charge in [-0.2, -0.15) is 0 Å². The summed E-state index contributed by atoms with van der Waals surface area (Å²) in [6, 6.07) is 0. The molecule has 2 bridgehead atoms. The van der Waals surface area contributed by atoms with E-state index in [0.717, 1.165) is 12.3 Å². The summed E-state index contributed by atoms with van der Waals surface area (Å²) in [6.45, 7) is 6.83. The van der Waals surface area contributed by atoms with Gasteiger partial charge in [0, 0.05) is 5.94 Å². The molecular weight excluding hydrogens is 201 g/mol. The van der Waals surface area contributed by atoms with Crippen LogP contribution in [0, 0.1) is 17.3 Å². The molecule has 3 aliphatic carbocycles. The predicted molar refractivity (Wildman–Crippen MR) is 63.8 cm³/mol. The van der Waals surface area contributed by atoms with Crippen molar-refractivity contribution in [2.75, 3.05) is 0 Å². The van der Waals surface area contributed by atoms with Crippen molar-refractivity contribution in [3.8, 4) is 0 Å². The van der Waals surface area contributed by atoms with Crippen LogP contribution in [0.4, 0.5) is 0 Å². The highest BCUT2D eigenvalue weighted by Gasteiger charge is 2.62. The first-order chi connectivity index (χ1) is 7.54. The maximum atomic E-state index is 6.06. The largest absolute Gasteiger partial charge is 0.475 e. The highest BCUT2D eigenvalue weighted by Crippen LogP contribution is 2.61. The first kappa shape index (κ1) is 11.1. The summed E-state index contributed by atoms with van der Waals surface area (Å²) in [4.78, 5) is 0. The smallest absolute Gasteiger partial charge is 0.405 e. The molecule has 4 heteroatoms. The molecule has 0 amide bonds. The second kappa shape index (κ2) is 3.47. The lowest BCUT2D eigenvalue weighted by molar-refractivity contribution is -0.150. The van der Waals surface area contributed by atoms with Gasteiger partial charge < -0.3 is 15.0 Å². The molecule has 90 valence electrons. The zero-order valence-electron chi connectivity index (χ0n) is 10.5. The molecule has 4 aliphatic rings. The SMILES string of the molecule is CCC(N)B1O[C@@H]2CC3CC([C@@H]2O1)C3(C)C. The standard InChI is InChI=1S/C12H22BNO2/c1-4-10(14)13-15-9-6-7-5-8(11(9)16-13)12(7,2)3/h7-11H,4-6,14H2,1-3H3/t7?,8?,9-,10?,11+/m1/s1. The Balaban J connectivity index is 1.73. The van der Waals surface area contributed by atoms with Crippen molar-refractivity contribution in [2.24, 2.45) is 23.0 Å². The minimum Gasteiger partial charge on any atom is -0.405 e. The van der Waals surface area contributed by atoms with Crippen molar-refractivity contribution in [3.05, 3.63) is 0 Å². The normalized spacial score (nSPS) is 46.1. The van der Waals surface area contributed by atoms with E-state index >= 15 is 0 Å². The molecule has 16 heavy (non-hydrogen) atoms. The van der Waals surface area contributed by atoms with E-state index in [2.05, 4.69) is 20.8 Å². The maximum absolute atomic E-state index is 6.06. The number of rotatable bonds is 2. The molecule has 5 atom stereocenters. The third-order valence-electron chi connectivity index (χ3n) is 5.25. The molecular formula is C12H22BNO2. The second-order valence-corrected chi connectivity index (χ2v) is 6.31. The molecule has 0 radical (unpaired) electrons. The molecule has 1 heterocycles. The summed E-state index contributed by atoms with van der Waals surface area (Å²) < 4.78 is 12.0. The van der Waals surface area contributed by atoms with Crippen molar-refractivity contribution in [1.82, 2.24) is 0 Å². The van der Waals surface area contributed by atoms with Crippen molar-refractivity contribution >= 4 is 7.12 Å². The highest BCUT2D eigenvalue weighted by atomic mass is 16.7. The molecule has 0 aromatic carbocycles. The Hall–Kier alpha value is -0.0551. The lowest BCUT2D eigenvalue weighted by Crippen LogP contribution is -2.59. The quantitative estimate of drug-likeness (QED) is 0.723. The molecule has 2 N–H and O–H groups in total. The first-order valence-corrected chi connectivity index (χ1v) is 6.60. The van der Waals surface area contributed by atoms with Crippen molar-refractivity contribution < 1.29 is 9.31 Å². The Morgan fingerprint density at radius 3 is 2.75 bits per heavy atom. The van der Waals surface area contributed by atoms with Crippen LogP contribution in [0.2, 0.25) is 0 Å². The van der Waals surface area contributed by atoms with Gasteiger partial charge in [-0.1, -0.05) is 20.8 Å². The van der Waals surface area contributed by atoms with E-state index in [0.29, 0.717) is 23.5 Å². The van der Waals surface area contributed by atoms with Crippen molar-refractivity contribution in [1.29, 1.82) is 0 Å². The Bertz CT molecular complexity index is 297. The minimum absolute atomic E-state index is 0.0333.